The lowest BCUT2D eigenvalue weighted by atomic mass is 9.85. The first-order chi connectivity index (χ1) is 15.2. The fraction of sp³-hybridized carbons (Fsp3) is 0.462. The van der Waals surface area contributed by atoms with Crippen LogP contribution in [0, 0.1) is 0 Å². The first-order valence-corrected chi connectivity index (χ1v) is 11.2. The largest absolute Gasteiger partial charge is 0.493 e. The summed E-state index contributed by atoms with van der Waals surface area (Å²) in [7, 11) is 6.76. The minimum atomic E-state index is 0.636. The minimum Gasteiger partial charge on any atom is -0.493 e. The maximum absolute atomic E-state index is 5.64. The molecule has 0 aliphatic carbocycles. The second kappa shape index (κ2) is 8.83. The molecule has 0 radical (unpaired) electrons. The minimum absolute atomic E-state index is 0.636. The molecule has 0 amide bonds. The van der Waals surface area contributed by atoms with Crippen LogP contribution in [0.2, 0.25) is 0 Å². The monoisotopic (exact) mass is 423 g/mol. The molecule has 3 aromatic carbocycles. The van der Waals surface area contributed by atoms with Gasteiger partial charge in [0.05, 0.1) is 28.4 Å². The van der Waals surface area contributed by atoms with Crippen molar-refractivity contribution in [2.45, 2.75) is 45.7 Å². The van der Waals surface area contributed by atoms with E-state index in [0.717, 1.165) is 41.3 Å². The molecule has 2 aliphatic rings. The summed E-state index contributed by atoms with van der Waals surface area (Å²) in [6.07, 6.45) is 3.63. The molecule has 5 rings (SSSR count). The summed E-state index contributed by atoms with van der Waals surface area (Å²) in [5.74, 6) is 3.03. The van der Waals surface area contributed by atoms with Crippen LogP contribution in [0.4, 0.5) is 0 Å². The first-order valence-electron chi connectivity index (χ1n) is 11.2. The van der Waals surface area contributed by atoms with E-state index >= 15 is 0 Å². The number of hydrogen-bond donors (Lipinski definition) is 0. The number of rotatable bonds is 4. The molecule has 2 heterocycles. The standard InChI is InChI=1S/C24H27NO4.C2H6/c1-26-21-9-16-15-8-14-6-5-7-25(14)13-20(15)19-12-24(29-4)23(28-3)11-18(19)17(16)10-22(21)27-2;1-2/h9-12,14H,5-8,13H2,1-4H3;1-2H3. The van der Waals surface area contributed by atoms with Gasteiger partial charge in [-0.2, -0.15) is 0 Å². The molecule has 0 N–H and O–H groups in total. The predicted octanol–water partition coefficient (Wildman–Crippen LogP) is 5.57. The normalized spacial score (nSPS) is 17.5. The second-order valence-corrected chi connectivity index (χ2v) is 7.93. The Kier molecular flexibility index (Phi) is 6.15. The Morgan fingerprint density at radius 3 is 1.61 bits per heavy atom. The maximum Gasteiger partial charge on any atom is 0.161 e. The smallest absolute Gasteiger partial charge is 0.161 e. The zero-order chi connectivity index (χ0) is 22.1. The second-order valence-electron chi connectivity index (χ2n) is 7.93. The van der Waals surface area contributed by atoms with E-state index in [4.69, 9.17) is 18.9 Å². The van der Waals surface area contributed by atoms with Crippen molar-refractivity contribution in [2.24, 2.45) is 0 Å². The Morgan fingerprint density at radius 1 is 0.677 bits per heavy atom. The highest BCUT2D eigenvalue weighted by Crippen LogP contribution is 2.46. The van der Waals surface area contributed by atoms with Crippen LogP contribution >= 0.6 is 0 Å². The SMILES string of the molecule is CC.COc1cc2c3c(c4cc(OC)c(OC)cc4c2cc1OC)CN1CCCC1C3. The van der Waals surface area contributed by atoms with Crippen LogP contribution in [0.1, 0.15) is 37.8 Å². The molecule has 1 saturated heterocycles. The van der Waals surface area contributed by atoms with Gasteiger partial charge in [0.2, 0.25) is 0 Å². The molecular formula is C26H33NO4. The molecule has 166 valence electrons. The van der Waals surface area contributed by atoms with Gasteiger partial charge in [-0.15, -0.1) is 0 Å². The Hall–Kier alpha value is -2.66. The van der Waals surface area contributed by atoms with E-state index in [9.17, 15) is 0 Å². The average Bonchev–Trinajstić information content (AvgIpc) is 3.30. The topological polar surface area (TPSA) is 40.2 Å². The summed E-state index contributed by atoms with van der Waals surface area (Å²) in [5, 5.41) is 4.82. The van der Waals surface area contributed by atoms with Gasteiger partial charge < -0.3 is 18.9 Å². The molecule has 2 aliphatic heterocycles. The number of methoxy groups -OCH3 is 4. The van der Waals surface area contributed by atoms with Crippen molar-refractivity contribution in [2.75, 3.05) is 35.0 Å². The van der Waals surface area contributed by atoms with Crippen LogP contribution in [-0.2, 0) is 13.0 Å². The lowest BCUT2D eigenvalue weighted by molar-refractivity contribution is 0.229. The number of nitrogens with zero attached hydrogens (tertiary/aromatic N) is 1. The zero-order valence-corrected chi connectivity index (χ0v) is 19.5. The summed E-state index contributed by atoms with van der Waals surface area (Å²) in [6.45, 7) is 6.17. The predicted molar refractivity (Wildman–Crippen MR) is 126 cm³/mol. The van der Waals surface area contributed by atoms with E-state index < -0.39 is 0 Å². The van der Waals surface area contributed by atoms with E-state index in [1.54, 1.807) is 28.4 Å². The van der Waals surface area contributed by atoms with Crippen LogP contribution in [0.5, 0.6) is 23.0 Å². The van der Waals surface area contributed by atoms with Crippen molar-refractivity contribution < 1.29 is 18.9 Å². The summed E-state index contributed by atoms with van der Waals surface area (Å²) in [4.78, 5) is 2.63. The molecule has 1 atom stereocenters. The van der Waals surface area contributed by atoms with Gasteiger partial charge in [0.15, 0.2) is 23.0 Å². The number of ether oxygens (including phenoxy) is 4. The van der Waals surface area contributed by atoms with Gasteiger partial charge in [-0.3, -0.25) is 4.90 Å². The van der Waals surface area contributed by atoms with Crippen molar-refractivity contribution >= 4 is 21.5 Å². The molecule has 1 fully saturated rings. The molecule has 1 unspecified atom stereocenters. The van der Waals surface area contributed by atoms with Crippen LogP contribution in [0.15, 0.2) is 24.3 Å². The lowest BCUT2D eigenvalue weighted by Gasteiger charge is -2.33. The fourth-order valence-corrected chi connectivity index (χ4v) is 5.22. The van der Waals surface area contributed by atoms with Gasteiger partial charge in [-0.05, 0) is 82.7 Å². The fourth-order valence-electron chi connectivity index (χ4n) is 5.22. The molecule has 0 bridgehead atoms. The molecule has 5 nitrogen and oxygen atoms in total. The van der Waals surface area contributed by atoms with E-state index in [2.05, 4.69) is 29.2 Å². The zero-order valence-electron chi connectivity index (χ0n) is 19.5. The summed E-state index contributed by atoms with van der Waals surface area (Å²) < 4.78 is 22.5. The number of fused-ring (bicyclic) bond motifs is 7. The van der Waals surface area contributed by atoms with E-state index in [1.807, 2.05) is 13.8 Å². The summed E-state index contributed by atoms with van der Waals surface area (Å²) in [6, 6.07) is 9.12. The first kappa shape index (κ1) is 21.6. The third kappa shape index (κ3) is 3.45. The summed E-state index contributed by atoms with van der Waals surface area (Å²) >= 11 is 0. The van der Waals surface area contributed by atoms with Crippen molar-refractivity contribution in [3.63, 3.8) is 0 Å². The van der Waals surface area contributed by atoms with Crippen LogP contribution in [0.3, 0.4) is 0 Å². The van der Waals surface area contributed by atoms with Gasteiger partial charge >= 0.3 is 0 Å². The third-order valence-corrected chi connectivity index (χ3v) is 6.65. The highest BCUT2D eigenvalue weighted by molar-refractivity contribution is 6.12. The van der Waals surface area contributed by atoms with Crippen molar-refractivity contribution in [1.82, 2.24) is 4.90 Å². The van der Waals surface area contributed by atoms with Crippen LogP contribution in [0.25, 0.3) is 21.5 Å². The highest BCUT2D eigenvalue weighted by Gasteiger charge is 2.32. The van der Waals surface area contributed by atoms with Gasteiger partial charge in [-0.1, -0.05) is 13.8 Å². The third-order valence-electron chi connectivity index (χ3n) is 6.65. The molecule has 5 heteroatoms. The molecule has 3 aromatic rings. The van der Waals surface area contributed by atoms with Gasteiger partial charge in [-0.25, -0.2) is 0 Å². The van der Waals surface area contributed by atoms with E-state index in [1.165, 1.54) is 46.7 Å². The van der Waals surface area contributed by atoms with Gasteiger partial charge in [0.1, 0.15) is 0 Å². The maximum atomic E-state index is 5.64. The number of hydrogen-bond acceptors (Lipinski definition) is 5. The molecule has 31 heavy (non-hydrogen) atoms. The Labute approximate surface area is 184 Å². The van der Waals surface area contributed by atoms with Crippen molar-refractivity contribution in [3.05, 3.63) is 35.4 Å². The van der Waals surface area contributed by atoms with Gasteiger partial charge in [0, 0.05) is 12.6 Å². The van der Waals surface area contributed by atoms with E-state index in [0.29, 0.717) is 6.04 Å². The van der Waals surface area contributed by atoms with Crippen LogP contribution < -0.4 is 18.9 Å². The molecular weight excluding hydrogens is 390 g/mol. The quantitative estimate of drug-likeness (QED) is 0.513. The van der Waals surface area contributed by atoms with Crippen LogP contribution in [-0.4, -0.2) is 45.9 Å². The van der Waals surface area contributed by atoms with E-state index in [-0.39, 0.29) is 0 Å². The highest BCUT2D eigenvalue weighted by atomic mass is 16.5. The molecule has 0 aromatic heterocycles. The number of benzene rings is 3. The Bertz CT molecular complexity index is 1020. The molecule has 0 saturated carbocycles. The van der Waals surface area contributed by atoms with Gasteiger partial charge in [0.25, 0.3) is 0 Å². The Balaban J connectivity index is 0.00000112. The molecule has 0 spiro atoms. The summed E-state index contributed by atoms with van der Waals surface area (Å²) in [5.41, 5.74) is 2.84. The average molecular weight is 424 g/mol. The Morgan fingerprint density at radius 2 is 1.13 bits per heavy atom. The van der Waals surface area contributed by atoms with Crippen molar-refractivity contribution in [3.8, 4) is 23.0 Å². The van der Waals surface area contributed by atoms with Crippen molar-refractivity contribution in [1.29, 1.82) is 0 Å². The lowest BCUT2D eigenvalue weighted by Crippen LogP contribution is -2.35.